The van der Waals surface area contributed by atoms with Crippen LogP contribution in [0.2, 0.25) is 0 Å². The van der Waals surface area contributed by atoms with Crippen molar-refractivity contribution in [3.63, 3.8) is 0 Å². The van der Waals surface area contributed by atoms with E-state index in [1.165, 1.54) is 6.07 Å². The predicted octanol–water partition coefficient (Wildman–Crippen LogP) is 5.29. The lowest BCUT2D eigenvalue weighted by molar-refractivity contribution is -0.0378. The van der Waals surface area contributed by atoms with Gasteiger partial charge >= 0.3 is 12.1 Å². The van der Waals surface area contributed by atoms with Crippen molar-refractivity contribution in [2.75, 3.05) is 13.2 Å². The summed E-state index contributed by atoms with van der Waals surface area (Å²) in [4.78, 5) is 26.5. The fraction of sp³-hybridized carbons (Fsp3) is 0.667. The Morgan fingerprint density at radius 1 is 1.06 bits per heavy atom. The number of esters is 1. The van der Waals surface area contributed by atoms with Crippen molar-refractivity contribution in [3.8, 4) is 5.75 Å². The number of rotatable bonds is 5. The van der Waals surface area contributed by atoms with Gasteiger partial charge in [-0.3, -0.25) is 0 Å². The molecule has 2 unspecified atom stereocenters. The second-order valence-corrected chi connectivity index (χ2v) is 10.6. The first-order valence-electron chi connectivity index (χ1n) is 10.9. The molecule has 2 fully saturated rings. The molecule has 1 heterocycles. The number of ether oxygens (including phenoxy) is 3. The number of likely N-dealkylation sites (tertiary alicyclic amines) is 1. The third kappa shape index (κ3) is 5.89. The number of benzene rings is 1. The molecule has 1 aromatic rings. The van der Waals surface area contributed by atoms with Gasteiger partial charge in [-0.25, -0.2) is 14.0 Å². The second-order valence-electron chi connectivity index (χ2n) is 10.6. The Balaban J connectivity index is 1.73. The van der Waals surface area contributed by atoms with Crippen molar-refractivity contribution in [2.45, 2.75) is 84.5 Å². The van der Waals surface area contributed by atoms with Crippen molar-refractivity contribution >= 4 is 12.1 Å². The normalized spacial score (nSPS) is 21.4. The average molecular weight is 436 g/mol. The topological polar surface area (TPSA) is 65.1 Å². The Labute approximate surface area is 184 Å². The van der Waals surface area contributed by atoms with Gasteiger partial charge in [0.2, 0.25) is 0 Å². The molecule has 1 saturated heterocycles. The van der Waals surface area contributed by atoms with Gasteiger partial charge in [-0.2, -0.15) is 0 Å². The summed E-state index contributed by atoms with van der Waals surface area (Å²) in [6.07, 6.45) is 1.58. The minimum absolute atomic E-state index is 0.0726. The molecule has 0 spiro atoms. The summed E-state index contributed by atoms with van der Waals surface area (Å²) >= 11 is 0. The van der Waals surface area contributed by atoms with Gasteiger partial charge in [0.25, 0.3) is 0 Å². The Bertz CT molecular complexity index is 851. The van der Waals surface area contributed by atoms with E-state index in [2.05, 4.69) is 0 Å². The number of nitrogens with zero attached hydrogens (tertiary/aromatic N) is 1. The third-order valence-corrected chi connectivity index (χ3v) is 5.31. The molecular weight excluding hydrogens is 401 g/mol. The maximum absolute atomic E-state index is 14.8. The van der Waals surface area contributed by atoms with Gasteiger partial charge in [-0.15, -0.1) is 0 Å². The summed E-state index contributed by atoms with van der Waals surface area (Å²) < 4.78 is 31.6. The maximum atomic E-state index is 14.8. The van der Waals surface area contributed by atoms with E-state index in [9.17, 15) is 14.0 Å². The highest BCUT2D eigenvalue weighted by molar-refractivity contribution is 5.90. The lowest BCUT2D eigenvalue weighted by Gasteiger charge is -2.46. The van der Waals surface area contributed by atoms with E-state index in [0.717, 1.165) is 18.4 Å². The molecule has 2 atom stereocenters. The standard InChI is InChI=1S/C24H34FNO5/c1-14-12-26(22(28)31-24(5,6)7)19(14)13-29-20-11-18(25)17(10-16(20)15-8-9-15)21(27)30-23(2,3)4/h10-11,14-15,19H,8-9,12-13H2,1-7H3. The van der Waals surface area contributed by atoms with Crippen molar-refractivity contribution in [1.82, 2.24) is 4.90 Å². The average Bonchev–Trinajstić information content (AvgIpc) is 3.41. The van der Waals surface area contributed by atoms with E-state index < -0.39 is 23.0 Å². The molecule has 31 heavy (non-hydrogen) atoms. The van der Waals surface area contributed by atoms with Crippen LogP contribution >= 0.6 is 0 Å². The van der Waals surface area contributed by atoms with E-state index in [0.29, 0.717) is 12.3 Å². The van der Waals surface area contributed by atoms with Gasteiger partial charge in [0.05, 0.1) is 11.6 Å². The zero-order valence-corrected chi connectivity index (χ0v) is 19.6. The molecule has 1 aliphatic heterocycles. The molecule has 3 rings (SSSR count). The fourth-order valence-electron chi connectivity index (χ4n) is 3.60. The van der Waals surface area contributed by atoms with E-state index >= 15 is 0 Å². The van der Waals surface area contributed by atoms with Crippen LogP contribution in [-0.4, -0.2) is 47.4 Å². The molecule has 0 radical (unpaired) electrons. The van der Waals surface area contributed by atoms with Gasteiger partial charge in [0.15, 0.2) is 0 Å². The third-order valence-electron chi connectivity index (χ3n) is 5.31. The van der Waals surface area contributed by atoms with Gasteiger partial charge in [0, 0.05) is 12.6 Å². The van der Waals surface area contributed by atoms with Gasteiger partial charge in [0.1, 0.15) is 29.4 Å². The van der Waals surface area contributed by atoms with Crippen LogP contribution in [-0.2, 0) is 9.47 Å². The highest BCUT2D eigenvalue weighted by Gasteiger charge is 2.42. The molecule has 6 nitrogen and oxygen atoms in total. The zero-order valence-electron chi connectivity index (χ0n) is 19.6. The van der Waals surface area contributed by atoms with E-state index in [4.69, 9.17) is 14.2 Å². The van der Waals surface area contributed by atoms with Crippen molar-refractivity contribution in [2.24, 2.45) is 5.92 Å². The highest BCUT2D eigenvalue weighted by Crippen LogP contribution is 2.45. The number of hydrogen-bond acceptors (Lipinski definition) is 5. The largest absolute Gasteiger partial charge is 0.491 e. The highest BCUT2D eigenvalue weighted by atomic mass is 19.1. The zero-order chi connectivity index (χ0) is 23.1. The Hall–Kier alpha value is -2.31. The quantitative estimate of drug-likeness (QED) is 0.588. The van der Waals surface area contributed by atoms with Crippen LogP contribution in [0.15, 0.2) is 12.1 Å². The number of carbonyl (C=O) groups is 2. The monoisotopic (exact) mass is 435 g/mol. The maximum Gasteiger partial charge on any atom is 0.410 e. The van der Waals surface area contributed by atoms with Crippen molar-refractivity contribution in [1.29, 1.82) is 0 Å². The lowest BCUT2D eigenvalue weighted by Crippen LogP contribution is -2.60. The van der Waals surface area contributed by atoms with Crippen LogP contribution < -0.4 is 4.74 Å². The first-order chi connectivity index (χ1) is 14.2. The van der Waals surface area contributed by atoms with Crippen molar-refractivity contribution in [3.05, 3.63) is 29.1 Å². The SMILES string of the molecule is CC1CN(C(=O)OC(C)(C)C)C1COc1cc(F)c(C(=O)OC(C)(C)C)cc1C1CC1. The molecule has 0 aromatic heterocycles. The smallest absolute Gasteiger partial charge is 0.410 e. The molecule has 1 aromatic carbocycles. The van der Waals surface area contributed by atoms with Crippen LogP contribution in [0.25, 0.3) is 0 Å². The van der Waals surface area contributed by atoms with Crippen LogP contribution in [0.1, 0.15) is 83.1 Å². The van der Waals surface area contributed by atoms with Crippen LogP contribution in [0.4, 0.5) is 9.18 Å². The van der Waals surface area contributed by atoms with E-state index in [1.54, 1.807) is 31.7 Å². The van der Waals surface area contributed by atoms with Gasteiger partial charge in [-0.1, -0.05) is 6.92 Å². The second kappa shape index (κ2) is 8.32. The predicted molar refractivity (Wildman–Crippen MR) is 115 cm³/mol. The minimum atomic E-state index is -0.704. The molecule has 1 amide bonds. The van der Waals surface area contributed by atoms with Crippen molar-refractivity contribution < 1.29 is 28.2 Å². The molecule has 2 aliphatic rings. The number of halogens is 1. The fourth-order valence-corrected chi connectivity index (χ4v) is 3.60. The Morgan fingerprint density at radius 2 is 1.68 bits per heavy atom. The Kier molecular flexibility index (Phi) is 6.27. The molecule has 0 bridgehead atoms. The summed E-state index contributed by atoms with van der Waals surface area (Å²) in [6, 6.07) is 2.69. The summed E-state index contributed by atoms with van der Waals surface area (Å²) in [5.74, 6) is -0.419. The number of carbonyl (C=O) groups excluding carboxylic acids is 2. The Morgan fingerprint density at radius 3 is 2.19 bits per heavy atom. The van der Waals surface area contributed by atoms with E-state index in [1.807, 2.05) is 27.7 Å². The summed E-state index contributed by atoms with van der Waals surface area (Å²) in [6.45, 7) is 13.6. The molecule has 7 heteroatoms. The van der Waals surface area contributed by atoms with E-state index in [-0.39, 0.29) is 36.1 Å². The first kappa shape index (κ1) is 23.4. The molecule has 172 valence electrons. The van der Waals surface area contributed by atoms with Crippen LogP contribution in [0.3, 0.4) is 0 Å². The minimum Gasteiger partial charge on any atom is -0.491 e. The molecule has 1 aliphatic carbocycles. The molecule has 1 saturated carbocycles. The summed E-state index contributed by atoms with van der Waals surface area (Å²) in [5, 5.41) is 0. The number of hydrogen-bond donors (Lipinski definition) is 0. The number of amides is 1. The summed E-state index contributed by atoms with van der Waals surface area (Å²) in [7, 11) is 0. The molecule has 0 N–H and O–H groups in total. The lowest BCUT2D eigenvalue weighted by atomic mass is 9.91. The molecular formula is C24H34FNO5. The van der Waals surface area contributed by atoms with Gasteiger partial charge < -0.3 is 19.1 Å². The van der Waals surface area contributed by atoms with Crippen LogP contribution in [0.5, 0.6) is 5.75 Å². The van der Waals surface area contributed by atoms with Crippen LogP contribution in [0, 0.1) is 11.7 Å². The summed E-state index contributed by atoms with van der Waals surface area (Å²) in [5.41, 5.74) is -0.528. The van der Waals surface area contributed by atoms with Gasteiger partial charge in [-0.05, 0) is 77.8 Å². The first-order valence-corrected chi connectivity index (χ1v) is 10.9.